The smallest absolute Gasteiger partial charge is 0.240 e. The van der Waals surface area contributed by atoms with E-state index in [1.807, 2.05) is 4.90 Å². The van der Waals surface area contributed by atoms with Crippen molar-refractivity contribution in [3.63, 3.8) is 0 Å². The normalized spacial score (nSPS) is 24.3. The molecule has 1 rings (SSSR count). The molecule has 3 nitrogen and oxygen atoms in total. The van der Waals surface area contributed by atoms with Crippen molar-refractivity contribution >= 4 is 5.91 Å². The summed E-state index contributed by atoms with van der Waals surface area (Å²) in [4.78, 5) is 16.9. The van der Waals surface area contributed by atoms with Crippen LogP contribution >= 0.6 is 0 Å². The van der Waals surface area contributed by atoms with E-state index in [1.165, 1.54) is 0 Å². The summed E-state index contributed by atoms with van der Waals surface area (Å²) in [5, 5.41) is 0. The molecule has 1 saturated heterocycles. The van der Waals surface area contributed by atoms with Crippen LogP contribution in [-0.2, 0) is 4.79 Å². The Labute approximate surface area is 106 Å². The number of hydrogen-bond acceptors (Lipinski definition) is 2. The number of hydrogen-bond donors (Lipinski definition) is 0. The van der Waals surface area contributed by atoms with Crippen molar-refractivity contribution in [1.82, 2.24) is 9.80 Å². The zero-order chi connectivity index (χ0) is 13.4. The standard InChI is InChI=1S/C14H28N2O/c1-8-15-9-10-16(14(5,6)7)11(12(15)17)13(2,3)4/h11H,8-10H2,1-7H3/t11-/m1/s1. The van der Waals surface area contributed by atoms with Gasteiger partial charge in [0.15, 0.2) is 0 Å². The molecule has 0 aliphatic carbocycles. The lowest BCUT2D eigenvalue weighted by Crippen LogP contribution is -2.65. The van der Waals surface area contributed by atoms with Crippen LogP contribution in [0.5, 0.6) is 0 Å². The maximum atomic E-state index is 12.5. The molecule has 3 heteroatoms. The molecule has 0 unspecified atom stereocenters. The Hall–Kier alpha value is -0.570. The minimum absolute atomic E-state index is 0.00352. The van der Waals surface area contributed by atoms with E-state index in [0.29, 0.717) is 5.91 Å². The fraction of sp³-hybridized carbons (Fsp3) is 0.929. The molecule has 0 aromatic rings. The lowest BCUT2D eigenvalue weighted by atomic mass is 9.81. The van der Waals surface area contributed by atoms with Crippen LogP contribution in [0.2, 0.25) is 0 Å². The Morgan fingerprint density at radius 2 is 1.65 bits per heavy atom. The van der Waals surface area contributed by atoms with E-state index in [9.17, 15) is 4.79 Å². The SMILES string of the molecule is CCN1CCN(C(C)(C)C)[C@@H](C(C)(C)C)C1=O. The lowest BCUT2D eigenvalue weighted by Gasteiger charge is -2.51. The van der Waals surface area contributed by atoms with Crippen LogP contribution in [0.3, 0.4) is 0 Å². The third kappa shape index (κ3) is 3.01. The molecule has 0 spiro atoms. The Bertz CT molecular complexity index is 286. The molecule has 100 valence electrons. The Kier molecular flexibility index (Phi) is 3.92. The van der Waals surface area contributed by atoms with Crippen LogP contribution in [-0.4, -0.2) is 46.9 Å². The molecule has 0 radical (unpaired) electrons. The minimum atomic E-state index is -0.0157. The van der Waals surface area contributed by atoms with Gasteiger partial charge in [0.05, 0.1) is 6.04 Å². The monoisotopic (exact) mass is 240 g/mol. The van der Waals surface area contributed by atoms with Crippen molar-refractivity contribution in [3.8, 4) is 0 Å². The maximum absolute atomic E-state index is 12.5. The third-order valence-electron chi connectivity index (χ3n) is 3.53. The first-order valence-corrected chi connectivity index (χ1v) is 6.64. The van der Waals surface area contributed by atoms with E-state index in [4.69, 9.17) is 0 Å². The summed E-state index contributed by atoms with van der Waals surface area (Å²) < 4.78 is 0. The summed E-state index contributed by atoms with van der Waals surface area (Å²) in [6.45, 7) is 17.8. The molecule has 0 saturated carbocycles. The summed E-state index contributed by atoms with van der Waals surface area (Å²) in [6, 6.07) is -0.00352. The van der Waals surface area contributed by atoms with Gasteiger partial charge >= 0.3 is 0 Å². The molecule has 1 atom stereocenters. The summed E-state index contributed by atoms with van der Waals surface area (Å²) in [6.07, 6.45) is 0. The van der Waals surface area contributed by atoms with E-state index in [2.05, 4.69) is 53.4 Å². The van der Waals surface area contributed by atoms with E-state index in [-0.39, 0.29) is 17.0 Å². The number of carbonyl (C=O) groups is 1. The van der Waals surface area contributed by atoms with Crippen LogP contribution in [0.1, 0.15) is 48.5 Å². The predicted octanol–water partition coefficient (Wildman–Crippen LogP) is 2.36. The van der Waals surface area contributed by atoms with Gasteiger partial charge in [-0.3, -0.25) is 9.69 Å². The molecule has 1 heterocycles. The minimum Gasteiger partial charge on any atom is -0.340 e. The van der Waals surface area contributed by atoms with Gasteiger partial charge in [0.1, 0.15) is 0 Å². The molecule has 1 aliphatic rings. The zero-order valence-electron chi connectivity index (χ0n) is 12.5. The molecular formula is C14H28N2O. The molecule has 17 heavy (non-hydrogen) atoms. The third-order valence-corrected chi connectivity index (χ3v) is 3.53. The molecule has 0 N–H and O–H groups in total. The highest BCUT2D eigenvalue weighted by Gasteiger charge is 2.45. The van der Waals surface area contributed by atoms with Crippen molar-refractivity contribution in [2.75, 3.05) is 19.6 Å². The average molecular weight is 240 g/mol. The number of likely N-dealkylation sites (N-methyl/N-ethyl adjacent to an activating group) is 1. The zero-order valence-corrected chi connectivity index (χ0v) is 12.5. The van der Waals surface area contributed by atoms with Crippen molar-refractivity contribution in [2.45, 2.75) is 60.0 Å². The van der Waals surface area contributed by atoms with E-state index in [1.54, 1.807) is 0 Å². The van der Waals surface area contributed by atoms with Gasteiger partial charge in [-0.05, 0) is 33.1 Å². The second-order valence-corrected chi connectivity index (χ2v) is 7.05. The highest BCUT2D eigenvalue weighted by molar-refractivity contribution is 5.83. The summed E-state index contributed by atoms with van der Waals surface area (Å²) >= 11 is 0. The Morgan fingerprint density at radius 3 is 2.00 bits per heavy atom. The maximum Gasteiger partial charge on any atom is 0.240 e. The molecular weight excluding hydrogens is 212 g/mol. The number of piperazine rings is 1. The van der Waals surface area contributed by atoms with Gasteiger partial charge in [-0.15, -0.1) is 0 Å². The summed E-state index contributed by atoms with van der Waals surface area (Å²) in [7, 11) is 0. The number of nitrogens with zero attached hydrogens (tertiary/aromatic N) is 2. The Balaban J connectivity index is 3.06. The van der Waals surface area contributed by atoms with Gasteiger partial charge in [-0.1, -0.05) is 20.8 Å². The van der Waals surface area contributed by atoms with Crippen LogP contribution in [0.15, 0.2) is 0 Å². The molecule has 1 fully saturated rings. The van der Waals surface area contributed by atoms with Crippen LogP contribution < -0.4 is 0 Å². The second kappa shape index (κ2) is 4.60. The number of rotatable bonds is 1. The van der Waals surface area contributed by atoms with E-state index >= 15 is 0 Å². The van der Waals surface area contributed by atoms with Gasteiger partial charge in [-0.25, -0.2) is 0 Å². The van der Waals surface area contributed by atoms with Crippen molar-refractivity contribution in [1.29, 1.82) is 0 Å². The highest BCUT2D eigenvalue weighted by atomic mass is 16.2. The first-order chi connectivity index (χ1) is 7.59. The van der Waals surface area contributed by atoms with Crippen molar-refractivity contribution < 1.29 is 4.79 Å². The topological polar surface area (TPSA) is 23.6 Å². The molecule has 0 aromatic carbocycles. The number of amides is 1. The number of carbonyl (C=O) groups excluding carboxylic acids is 1. The molecule has 1 amide bonds. The predicted molar refractivity (Wildman–Crippen MR) is 72.0 cm³/mol. The fourth-order valence-corrected chi connectivity index (χ4v) is 2.65. The molecule has 0 bridgehead atoms. The van der Waals surface area contributed by atoms with Gasteiger partial charge in [0.25, 0.3) is 0 Å². The largest absolute Gasteiger partial charge is 0.340 e. The first-order valence-electron chi connectivity index (χ1n) is 6.64. The Morgan fingerprint density at radius 1 is 1.12 bits per heavy atom. The fourth-order valence-electron chi connectivity index (χ4n) is 2.65. The van der Waals surface area contributed by atoms with Crippen molar-refractivity contribution in [2.24, 2.45) is 5.41 Å². The van der Waals surface area contributed by atoms with Crippen LogP contribution in [0.4, 0.5) is 0 Å². The van der Waals surface area contributed by atoms with Gasteiger partial charge in [-0.2, -0.15) is 0 Å². The van der Waals surface area contributed by atoms with Crippen molar-refractivity contribution in [3.05, 3.63) is 0 Å². The van der Waals surface area contributed by atoms with Gasteiger partial charge in [0, 0.05) is 25.2 Å². The quantitative estimate of drug-likeness (QED) is 0.702. The highest BCUT2D eigenvalue weighted by Crippen LogP contribution is 2.33. The van der Waals surface area contributed by atoms with Crippen LogP contribution in [0, 0.1) is 5.41 Å². The van der Waals surface area contributed by atoms with Crippen LogP contribution in [0.25, 0.3) is 0 Å². The molecule has 0 aromatic heterocycles. The van der Waals surface area contributed by atoms with E-state index < -0.39 is 0 Å². The lowest BCUT2D eigenvalue weighted by molar-refractivity contribution is -0.151. The summed E-state index contributed by atoms with van der Waals surface area (Å²) in [5.41, 5.74) is 0.0334. The van der Waals surface area contributed by atoms with Gasteiger partial charge < -0.3 is 4.90 Å². The second-order valence-electron chi connectivity index (χ2n) is 7.05. The average Bonchev–Trinajstić information content (AvgIpc) is 2.13. The summed E-state index contributed by atoms with van der Waals surface area (Å²) in [5.74, 6) is 0.293. The first kappa shape index (κ1) is 14.5. The van der Waals surface area contributed by atoms with E-state index in [0.717, 1.165) is 19.6 Å². The molecule has 1 aliphatic heterocycles. The van der Waals surface area contributed by atoms with Gasteiger partial charge in [0.2, 0.25) is 5.91 Å².